The van der Waals surface area contributed by atoms with Crippen molar-refractivity contribution < 1.29 is 0 Å². The Morgan fingerprint density at radius 2 is 1.00 bits per heavy atom. The first-order valence-corrected chi connectivity index (χ1v) is 19.3. The molecule has 9 aromatic rings. The van der Waals surface area contributed by atoms with E-state index in [4.69, 9.17) is 0 Å². The number of fused-ring (bicyclic) bond motifs is 13. The monoisotopic (exact) mass is 690 g/mol. The van der Waals surface area contributed by atoms with Gasteiger partial charge >= 0.3 is 0 Å². The van der Waals surface area contributed by atoms with Crippen LogP contribution in [-0.4, -0.2) is 0 Å². The van der Waals surface area contributed by atoms with Crippen molar-refractivity contribution in [1.82, 2.24) is 0 Å². The van der Waals surface area contributed by atoms with Gasteiger partial charge in [-0.1, -0.05) is 176 Å². The zero-order valence-corrected chi connectivity index (χ0v) is 29.9. The number of hydrogen-bond acceptors (Lipinski definition) is 1. The van der Waals surface area contributed by atoms with Crippen molar-refractivity contribution in [2.75, 3.05) is 0 Å². The topological polar surface area (TPSA) is 0 Å². The first-order valence-electron chi connectivity index (χ1n) is 18.5. The lowest BCUT2D eigenvalue weighted by molar-refractivity contribution is 0.793. The second kappa shape index (κ2) is 11.9. The van der Waals surface area contributed by atoms with E-state index in [0.717, 1.165) is 6.42 Å². The second-order valence-corrected chi connectivity index (χ2v) is 15.5. The summed E-state index contributed by atoms with van der Waals surface area (Å²) in [4.78, 5) is 0. The molecule has 0 bridgehead atoms. The van der Waals surface area contributed by atoms with Crippen molar-refractivity contribution in [1.29, 1.82) is 0 Å². The Kier molecular flexibility index (Phi) is 6.81. The third kappa shape index (κ3) is 4.61. The molecular formula is C52H34S. The van der Waals surface area contributed by atoms with Gasteiger partial charge in [0.15, 0.2) is 0 Å². The van der Waals surface area contributed by atoms with Gasteiger partial charge in [0.2, 0.25) is 0 Å². The summed E-state index contributed by atoms with van der Waals surface area (Å²) in [6.45, 7) is 0. The molecule has 0 atom stereocenters. The van der Waals surface area contributed by atoms with E-state index < -0.39 is 0 Å². The molecule has 0 radical (unpaired) electrons. The van der Waals surface area contributed by atoms with Crippen LogP contribution in [0.1, 0.15) is 38.9 Å². The molecule has 2 aliphatic rings. The van der Waals surface area contributed by atoms with Crippen LogP contribution in [-0.2, 0) is 11.8 Å². The van der Waals surface area contributed by atoms with E-state index in [1.54, 1.807) is 0 Å². The number of hydrogen-bond donors (Lipinski definition) is 0. The molecule has 0 fully saturated rings. The normalized spacial score (nSPS) is 13.6. The van der Waals surface area contributed by atoms with Crippen molar-refractivity contribution in [3.63, 3.8) is 0 Å². The molecule has 11 rings (SSSR count). The van der Waals surface area contributed by atoms with Crippen LogP contribution in [0.25, 0.3) is 65.2 Å². The highest BCUT2D eigenvalue weighted by Gasteiger charge is 2.51. The summed E-state index contributed by atoms with van der Waals surface area (Å²) in [6, 6.07) is 70.0. The van der Waals surface area contributed by atoms with E-state index in [0.29, 0.717) is 0 Å². The smallest absolute Gasteiger partial charge is 0.0725 e. The van der Waals surface area contributed by atoms with Gasteiger partial charge in [0.1, 0.15) is 0 Å². The van der Waals surface area contributed by atoms with Gasteiger partial charge in [-0.3, -0.25) is 0 Å². The Hall–Kier alpha value is -6.28. The van der Waals surface area contributed by atoms with Gasteiger partial charge in [0, 0.05) is 20.2 Å². The van der Waals surface area contributed by atoms with Gasteiger partial charge in [-0.05, 0) is 103 Å². The molecule has 248 valence electrons. The molecule has 8 aromatic carbocycles. The second-order valence-electron chi connectivity index (χ2n) is 14.4. The lowest BCUT2D eigenvalue weighted by Crippen LogP contribution is -2.25. The van der Waals surface area contributed by atoms with Gasteiger partial charge < -0.3 is 0 Å². The molecule has 2 aliphatic carbocycles. The molecule has 0 unspecified atom stereocenters. The molecule has 0 nitrogen and oxygen atoms in total. The standard InChI is InChI=1S/C52H34S/c1-2-12-36(13-3-1)37-24-26-38(27-25-37)39(31-35-23-29-51-45(33-35)43-17-7-11-21-50(43)53-51)30-34-22-28-49-44(32-34)42-16-6-10-20-48(42)52(49)46-18-8-4-14-40(46)41-15-5-9-19-47(41)52/h1-29,31-33H,30H2/b39-31-. The third-order valence-corrected chi connectivity index (χ3v) is 12.7. The summed E-state index contributed by atoms with van der Waals surface area (Å²) in [7, 11) is 0. The van der Waals surface area contributed by atoms with Crippen LogP contribution in [0.5, 0.6) is 0 Å². The van der Waals surface area contributed by atoms with Crippen molar-refractivity contribution in [2.24, 2.45) is 0 Å². The Balaban J connectivity index is 1.06. The van der Waals surface area contributed by atoms with Crippen LogP contribution in [0.4, 0.5) is 0 Å². The molecule has 1 spiro atoms. The SMILES string of the molecule is C(=C(\Cc1ccc2c(c1)-c1ccccc1C21c2ccccc2-c2ccccc21)c1ccc(-c2ccccc2)cc1)/c1ccc2sc3ccccc3c2c1. The van der Waals surface area contributed by atoms with Crippen LogP contribution in [0, 0.1) is 0 Å². The van der Waals surface area contributed by atoms with Gasteiger partial charge in [-0.15, -0.1) is 11.3 Å². The molecule has 0 saturated heterocycles. The summed E-state index contributed by atoms with van der Waals surface area (Å²) >= 11 is 1.87. The lowest BCUT2D eigenvalue weighted by Gasteiger charge is -2.30. The summed E-state index contributed by atoms with van der Waals surface area (Å²) in [5.74, 6) is 0. The minimum Gasteiger partial charge on any atom is -0.135 e. The summed E-state index contributed by atoms with van der Waals surface area (Å²) in [6.07, 6.45) is 3.23. The zero-order chi connectivity index (χ0) is 34.9. The van der Waals surface area contributed by atoms with Gasteiger partial charge in [0.25, 0.3) is 0 Å². The highest BCUT2D eigenvalue weighted by molar-refractivity contribution is 7.25. The maximum atomic E-state index is 2.48. The van der Waals surface area contributed by atoms with Crippen LogP contribution in [0.15, 0.2) is 188 Å². The van der Waals surface area contributed by atoms with Gasteiger partial charge in [-0.2, -0.15) is 0 Å². The molecule has 1 aromatic heterocycles. The lowest BCUT2D eigenvalue weighted by atomic mass is 9.70. The highest BCUT2D eigenvalue weighted by Crippen LogP contribution is 2.62. The molecule has 53 heavy (non-hydrogen) atoms. The van der Waals surface area contributed by atoms with E-state index >= 15 is 0 Å². The minimum absolute atomic E-state index is 0.317. The highest BCUT2D eigenvalue weighted by atomic mass is 32.1. The van der Waals surface area contributed by atoms with Crippen molar-refractivity contribution in [3.05, 3.63) is 227 Å². The number of rotatable bonds is 5. The average molecular weight is 691 g/mol. The maximum absolute atomic E-state index is 2.48. The Morgan fingerprint density at radius 1 is 0.434 bits per heavy atom. The first kappa shape index (κ1) is 30.4. The Labute approximate surface area is 314 Å². The van der Waals surface area contributed by atoms with Crippen molar-refractivity contribution in [3.8, 4) is 33.4 Å². The van der Waals surface area contributed by atoms with Crippen LogP contribution in [0.2, 0.25) is 0 Å². The Bertz CT molecular complexity index is 2860. The predicted molar refractivity (Wildman–Crippen MR) is 226 cm³/mol. The van der Waals surface area contributed by atoms with E-state index in [2.05, 4.69) is 194 Å². The molecule has 0 amide bonds. The zero-order valence-electron chi connectivity index (χ0n) is 29.1. The van der Waals surface area contributed by atoms with Crippen LogP contribution in [0.3, 0.4) is 0 Å². The first-order chi connectivity index (χ1) is 26.3. The average Bonchev–Trinajstić information content (AvgIpc) is 3.85. The molecule has 0 saturated carbocycles. The van der Waals surface area contributed by atoms with Crippen LogP contribution < -0.4 is 0 Å². The summed E-state index contributed by atoms with van der Waals surface area (Å²) in [5, 5.41) is 2.66. The van der Waals surface area contributed by atoms with Crippen molar-refractivity contribution >= 4 is 43.2 Å². The molecule has 0 N–H and O–H groups in total. The quantitative estimate of drug-likeness (QED) is 0.158. The molecule has 1 heterocycles. The van der Waals surface area contributed by atoms with Gasteiger partial charge in [-0.25, -0.2) is 0 Å². The summed E-state index contributed by atoms with van der Waals surface area (Å²) in [5.41, 5.74) is 18.1. The predicted octanol–water partition coefficient (Wildman–Crippen LogP) is 13.8. The largest absolute Gasteiger partial charge is 0.135 e. The summed E-state index contributed by atoms with van der Waals surface area (Å²) < 4.78 is 2.67. The van der Waals surface area contributed by atoms with E-state index in [-0.39, 0.29) is 5.41 Å². The van der Waals surface area contributed by atoms with Gasteiger partial charge in [0.05, 0.1) is 5.41 Å². The minimum atomic E-state index is -0.317. The van der Waals surface area contributed by atoms with Crippen LogP contribution >= 0.6 is 11.3 Å². The number of allylic oxidation sites excluding steroid dienone is 1. The maximum Gasteiger partial charge on any atom is 0.0725 e. The number of thiophene rings is 1. The Morgan fingerprint density at radius 3 is 1.72 bits per heavy atom. The van der Waals surface area contributed by atoms with Crippen molar-refractivity contribution in [2.45, 2.75) is 11.8 Å². The molecule has 1 heteroatoms. The third-order valence-electron chi connectivity index (χ3n) is 11.6. The molecule has 0 aliphatic heterocycles. The fourth-order valence-corrected chi connectivity index (χ4v) is 10.3. The number of benzene rings is 8. The van der Waals surface area contributed by atoms with E-state index in [1.807, 2.05) is 11.3 Å². The fourth-order valence-electron chi connectivity index (χ4n) is 9.26. The fraction of sp³-hybridized carbons (Fsp3) is 0.0385. The van der Waals surface area contributed by atoms with E-state index in [9.17, 15) is 0 Å². The van der Waals surface area contributed by atoms with E-state index in [1.165, 1.54) is 98.1 Å². The molecular weight excluding hydrogens is 657 g/mol.